The Morgan fingerprint density at radius 2 is 2.12 bits per heavy atom. The Morgan fingerprint density at radius 1 is 1.38 bits per heavy atom. The number of halogens is 4. The molecule has 0 radical (unpaired) electrons. The highest BCUT2D eigenvalue weighted by molar-refractivity contribution is 9.10. The molecule has 1 aromatic carbocycles. The summed E-state index contributed by atoms with van der Waals surface area (Å²) in [7, 11) is 0. The van der Waals surface area contributed by atoms with Crippen LogP contribution in [0.25, 0.3) is 0 Å². The molecule has 1 fully saturated rings. The fraction of sp³-hybridized carbons (Fsp3) is 0.286. The maximum absolute atomic E-state index is 12.7. The van der Waals surface area contributed by atoms with Crippen LogP contribution in [-0.2, 0) is 4.74 Å². The number of ether oxygens (including phenoxy) is 2. The van der Waals surface area contributed by atoms with Crippen LogP contribution in [0.1, 0.15) is 35.3 Å². The highest BCUT2D eigenvalue weighted by atomic mass is 79.9. The number of pyridine rings is 1. The number of nitrogens with zero attached hydrogens (tertiary/aromatic N) is 2. The Bertz CT molecular complexity index is 1010. The van der Waals surface area contributed by atoms with E-state index in [1.165, 1.54) is 36.7 Å². The second-order valence-electron chi connectivity index (χ2n) is 6.78. The average molecular weight is 530 g/mol. The number of nitrogens with one attached hydrogen (secondary N) is 1. The number of benzene rings is 1. The molecule has 170 valence electrons. The van der Waals surface area contributed by atoms with Crippen molar-refractivity contribution in [2.24, 2.45) is 10.7 Å². The molecule has 1 aliphatic heterocycles. The van der Waals surface area contributed by atoms with Crippen LogP contribution in [0, 0.1) is 0 Å². The molecule has 1 atom stereocenters. The second kappa shape index (κ2) is 10.8. The zero-order chi connectivity index (χ0) is 23.1. The molecule has 0 bridgehead atoms. The van der Waals surface area contributed by atoms with E-state index >= 15 is 0 Å². The van der Waals surface area contributed by atoms with Crippen LogP contribution in [0.15, 0.2) is 58.3 Å². The quantitative estimate of drug-likeness (QED) is 0.386. The number of nitrogens with two attached hydrogens (primary N) is 1. The normalized spacial score (nSPS) is 17.4. The number of amides is 1. The number of hydrogen-bond donors (Lipinski definition) is 2. The van der Waals surface area contributed by atoms with Crippen LogP contribution in [0.5, 0.6) is 5.75 Å². The molecule has 3 N–H and O–H groups in total. The predicted molar refractivity (Wildman–Crippen MR) is 121 cm³/mol. The van der Waals surface area contributed by atoms with Gasteiger partial charge in [0, 0.05) is 34.6 Å². The van der Waals surface area contributed by atoms with Gasteiger partial charge in [0.15, 0.2) is 0 Å². The summed E-state index contributed by atoms with van der Waals surface area (Å²) in [6.45, 7) is 0.656. The zero-order valence-corrected chi connectivity index (χ0v) is 19.1. The minimum atomic E-state index is -3.81. The number of anilines is 1. The van der Waals surface area contributed by atoms with Gasteiger partial charge in [0.25, 0.3) is 5.91 Å². The monoisotopic (exact) mass is 528 g/mol. The first-order valence-corrected chi connectivity index (χ1v) is 10.8. The van der Waals surface area contributed by atoms with E-state index in [1.54, 1.807) is 12.1 Å². The Kier molecular flexibility index (Phi) is 8.16. The molecule has 0 saturated carbocycles. The summed E-state index contributed by atoms with van der Waals surface area (Å²) in [6.07, 6.45) is 6.98. The molecule has 0 spiro atoms. The fourth-order valence-corrected chi connectivity index (χ4v) is 3.59. The number of allylic oxidation sites excluding steroid dienone is 1. The topological polar surface area (TPSA) is 98.8 Å². The van der Waals surface area contributed by atoms with Crippen LogP contribution in [0.4, 0.5) is 14.5 Å². The summed E-state index contributed by atoms with van der Waals surface area (Å²) in [5.74, 6) is -0.581. The van der Waals surface area contributed by atoms with Crippen LogP contribution >= 0.6 is 27.5 Å². The second-order valence-corrected chi connectivity index (χ2v) is 8.07. The fourth-order valence-electron chi connectivity index (χ4n) is 2.95. The molecule has 1 aliphatic rings. The molecule has 1 saturated heterocycles. The van der Waals surface area contributed by atoms with Crippen molar-refractivity contribution in [1.29, 1.82) is 0 Å². The summed E-state index contributed by atoms with van der Waals surface area (Å²) < 4.78 is 35.8. The molecule has 3 rings (SSSR count). The standard InChI is InChI=1S/C21H20BrClF2N4O3/c22-16-11-13(20(30)28-14-4-6-15(7-5-14)32-21(23,24)25)12-27-19(16)17(8-9-26)29-18-3-1-2-10-31-18/h4-9,11-12,18H,1-3,10,26H2,(H,28,30). The van der Waals surface area contributed by atoms with Crippen LogP contribution in [0.2, 0.25) is 0 Å². The third kappa shape index (κ3) is 6.98. The smallest absolute Gasteiger partial charge is 0.420 e. The van der Waals surface area contributed by atoms with Gasteiger partial charge >= 0.3 is 5.57 Å². The lowest BCUT2D eigenvalue weighted by Crippen LogP contribution is -2.19. The van der Waals surface area contributed by atoms with Crippen molar-refractivity contribution in [3.8, 4) is 5.75 Å². The van der Waals surface area contributed by atoms with Crippen LogP contribution in [0.3, 0.4) is 0 Å². The van der Waals surface area contributed by atoms with Crippen molar-refractivity contribution in [2.75, 3.05) is 11.9 Å². The zero-order valence-electron chi connectivity index (χ0n) is 16.7. The van der Waals surface area contributed by atoms with Gasteiger partial charge in [-0.25, -0.2) is 0 Å². The lowest BCUT2D eigenvalue weighted by Gasteiger charge is -2.19. The van der Waals surface area contributed by atoms with Gasteiger partial charge in [-0.1, -0.05) is 0 Å². The van der Waals surface area contributed by atoms with E-state index in [9.17, 15) is 13.6 Å². The number of rotatable bonds is 7. The van der Waals surface area contributed by atoms with Gasteiger partial charge < -0.3 is 20.5 Å². The van der Waals surface area contributed by atoms with E-state index in [2.05, 4.69) is 36.0 Å². The van der Waals surface area contributed by atoms with Gasteiger partial charge in [-0.3, -0.25) is 14.8 Å². The van der Waals surface area contributed by atoms with Gasteiger partial charge in [-0.2, -0.15) is 0 Å². The molecule has 2 heterocycles. The Balaban J connectivity index is 1.73. The number of alkyl halides is 3. The van der Waals surface area contributed by atoms with Gasteiger partial charge in [-0.05, 0) is 77.8 Å². The van der Waals surface area contributed by atoms with Crippen molar-refractivity contribution in [3.05, 3.63) is 64.5 Å². The van der Waals surface area contributed by atoms with Gasteiger partial charge in [0.05, 0.1) is 11.3 Å². The highest BCUT2D eigenvalue weighted by Gasteiger charge is 2.27. The minimum absolute atomic E-state index is 0.140. The van der Waals surface area contributed by atoms with E-state index < -0.39 is 11.5 Å². The number of aromatic nitrogens is 1. The number of aliphatic imine (C=N–C) groups is 1. The SMILES string of the molecule is NC=CC(=NC1CCCCO1)c1ncc(C(=O)Nc2ccc(OC(F)(F)Cl)cc2)cc1Br. The van der Waals surface area contributed by atoms with E-state index in [4.69, 9.17) is 22.1 Å². The van der Waals surface area contributed by atoms with Crippen molar-refractivity contribution < 1.29 is 23.0 Å². The lowest BCUT2D eigenvalue weighted by molar-refractivity contribution is -0.0964. The highest BCUT2D eigenvalue weighted by Crippen LogP contribution is 2.26. The van der Waals surface area contributed by atoms with Gasteiger partial charge in [0.2, 0.25) is 0 Å². The van der Waals surface area contributed by atoms with Gasteiger partial charge in [0.1, 0.15) is 17.7 Å². The first-order chi connectivity index (χ1) is 15.2. The molecule has 1 aromatic heterocycles. The maximum atomic E-state index is 12.7. The molecule has 0 aliphatic carbocycles. The third-order valence-electron chi connectivity index (χ3n) is 4.38. The molecular formula is C21H20BrClF2N4O3. The largest absolute Gasteiger partial charge is 0.487 e. The molecule has 11 heteroatoms. The summed E-state index contributed by atoms with van der Waals surface area (Å²) in [5, 5.41) is 2.65. The Hall–Kier alpha value is -2.56. The molecular weight excluding hydrogens is 510 g/mol. The summed E-state index contributed by atoms with van der Waals surface area (Å²) in [5.41, 5.74) is 3.45. The van der Waals surface area contributed by atoms with E-state index in [1.807, 2.05) is 0 Å². The van der Waals surface area contributed by atoms with E-state index in [-0.39, 0.29) is 17.5 Å². The van der Waals surface area contributed by atoms with Crippen molar-refractivity contribution >= 4 is 44.8 Å². The van der Waals surface area contributed by atoms with Crippen molar-refractivity contribution in [1.82, 2.24) is 4.98 Å². The predicted octanol–water partition coefficient (Wildman–Crippen LogP) is 5.05. The Morgan fingerprint density at radius 3 is 2.72 bits per heavy atom. The minimum Gasteiger partial charge on any atom is -0.420 e. The first-order valence-electron chi connectivity index (χ1n) is 9.66. The summed E-state index contributed by atoms with van der Waals surface area (Å²) in [6, 6.07) is 6.95. The Labute approximate surface area is 196 Å². The molecule has 2 aromatic rings. The van der Waals surface area contributed by atoms with Crippen LogP contribution < -0.4 is 15.8 Å². The number of carbonyl (C=O) groups is 1. The third-order valence-corrected chi connectivity index (χ3v) is 5.07. The van der Waals surface area contributed by atoms with Crippen molar-refractivity contribution in [3.63, 3.8) is 0 Å². The molecule has 1 amide bonds. The molecule has 32 heavy (non-hydrogen) atoms. The average Bonchev–Trinajstić information content (AvgIpc) is 2.74. The van der Waals surface area contributed by atoms with Crippen LogP contribution in [-0.4, -0.2) is 35.0 Å². The maximum Gasteiger partial charge on any atom is 0.487 e. The van der Waals surface area contributed by atoms with Crippen molar-refractivity contribution in [2.45, 2.75) is 31.1 Å². The number of hydrogen-bond acceptors (Lipinski definition) is 6. The first kappa shape index (κ1) is 24.1. The molecule has 1 unspecified atom stereocenters. The number of carbonyl (C=O) groups excluding carboxylic acids is 1. The van der Waals surface area contributed by atoms with E-state index in [0.717, 1.165) is 19.3 Å². The summed E-state index contributed by atoms with van der Waals surface area (Å²) >= 11 is 8.17. The van der Waals surface area contributed by atoms with Gasteiger partial charge in [-0.15, -0.1) is 8.78 Å². The lowest BCUT2D eigenvalue weighted by atomic mass is 10.1. The molecule has 7 nitrogen and oxygen atoms in total. The summed E-state index contributed by atoms with van der Waals surface area (Å²) in [4.78, 5) is 21.5. The van der Waals surface area contributed by atoms with E-state index in [0.29, 0.717) is 28.2 Å².